The van der Waals surface area contributed by atoms with Crippen LogP contribution in [-0.2, 0) is 6.18 Å². The van der Waals surface area contributed by atoms with Gasteiger partial charge in [-0.05, 0) is 78.9 Å². The highest BCUT2D eigenvalue weighted by atomic mass is 35.5. The van der Waals surface area contributed by atoms with Gasteiger partial charge < -0.3 is 9.73 Å². The van der Waals surface area contributed by atoms with E-state index in [1.807, 2.05) is 32.1 Å². The Hall–Kier alpha value is -2.70. The number of hydrogen-bond acceptors (Lipinski definition) is 2. The van der Waals surface area contributed by atoms with Crippen molar-refractivity contribution in [3.8, 4) is 11.3 Å². The maximum atomic E-state index is 13.5. The minimum atomic E-state index is -4.82. The van der Waals surface area contributed by atoms with Crippen LogP contribution in [0.1, 0.15) is 47.0 Å². The van der Waals surface area contributed by atoms with E-state index in [4.69, 9.17) is 27.6 Å². The Labute approximate surface area is 200 Å². The molecule has 0 aliphatic rings. The summed E-state index contributed by atoms with van der Waals surface area (Å²) in [6.07, 6.45) is -1.60. The Kier molecular flexibility index (Phi) is 7.92. The van der Waals surface area contributed by atoms with Crippen molar-refractivity contribution in [3.63, 3.8) is 0 Å². The maximum absolute atomic E-state index is 13.5. The highest BCUT2D eigenvalue weighted by molar-refractivity contribution is 6.31. The van der Waals surface area contributed by atoms with E-state index in [0.29, 0.717) is 22.0 Å². The lowest BCUT2D eigenvalue weighted by Gasteiger charge is -2.13. The van der Waals surface area contributed by atoms with Crippen LogP contribution in [0.2, 0.25) is 10.0 Å². The lowest BCUT2D eigenvalue weighted by atomic mass is 9.97. The number of hydrogen-bond donors (Lipinski definition) is 1. The van der Waals surface area contributed by atoms with Crippen molar-refractivity contribution >= 4 is 34.7 Å². The fraction of sp³-hybridized carbons (Fsp3) is 0.240. The molecule has 0 aliphatic heterocycles. The Morgan fingerprint density at radius 3 is 2.33 bits per heavy atom. The van der Waals surface area contributed by atoms with Crippen LogP contribution in [0.15, 0.2) is 59.0 Å². The molecular weight excluding hydrogens is 474 g/mol. The van der Waals surface area contributed by atoms with Crippen molar-refractivity contribution in [2.45, 2.75) is 32.9 Å². The van der Waals surface area contributed by atoms with Gasteiger partial charge in [0, 0.05) is 22.2 Å². The summed E-state index contributed by atoms with van der Waals surface area (Å²) in [6.45, 7) is 4.08. The molecule has 1 aromatic heterocycles. The first kappa shape index (κ1) is 24.9. The van der Waals surface area contributed by atoms with Crippen molar-refractivity contribution in [2.75, 3.05) is 6.54 Å². The van der Waals surface area contributed by atoms with Crippen molar-refractivity contribution in [3.05, 3.63) is 87.1 Å². The first-order valence-corrected chi connectivity index (χ1v) is 11.1. The van der Waals surface area contributed by atoms with E-state index in [9.17, 15) is 18.0 Å². The summed E-state index contributed by atoms with van der Waals surface area (Å²) in [5.74, 6) is -2.25. The third kappa shape index (κ3) is 6.21. The van der Waals surface area contributed by atoms with E-state index in [0.717, 1.165) is 29.2 Å². The summed E-state index contributed by atoms with van der Waals surface area (Å²) in [5, 5.41) is 3.61. The third-order valence-corrected chi connectivity index (χ3v) is 5.53. The Morgan fingerprint density at radius 1 is 1.03 bits per heavy atom. The van der Waals surface area contributed by atoms with Gasteiger partial charge in [0.05, 0.1) is 5.56 Å². The van der Waals surface area contributed by atoms with Crippen LogP contribution in [-0.4, -0.2) is 12.5 Å². The average molecular weight is 496 g/mol. The molecule has 0 unspecified atom stereocenters. The van der Waals surface area contributed by atoms with Gasteiger partial charge in [0.15, 0.2) is 0 Å². The normalized spacial score (nSPS) is 12.2. The Balaban J connectivity index is 1.80. The molecule has 174 valence electrons. The number of carbonyl (C=O) groups is 1. The predicted octanol–water partition coefficient (Wildman–Crippen LogP) is 8.19. The van der Waals surface area contributed by atoms with Gasteiger partial charge in [-0.3, -0.25) is 4.79 Å². The van der Waals surface area contributed by atoms with Gasteiger partial charge in [-0.1, -0.05) is 42.3 Å². The Bertz CT molecular complexity index is 1170. The predicted molar refractivity (Wildman–Crippen MR) is 126 cm³/mol. The minimum Gasteiger partial charge on any atom is -0.451 e. The maximum Gasteiger partial charge on any atom is 0.450 e. The molecule has 0 spiro atoms. The lowest BCUT2D eigenvalue weighted by molar-refractivity contribution is -0.153. The van der Waals surface area contributed by atoms with E-state index in [2.05, 4.69) is 5.32 Å². The molecule has 0 bridgehead atoms. The molecule has 8 heteroatoms. The second kappa shape index (κ2) is 10.5. The minimum absolute atomic E-state index is 0.0646. The molecule has 33 heavy (non-hydrogen) atoms. The molecule has 2 aromatic carbocycles. The zero-order chi connectivity index (χ0) is 24.2. The smallest absolute Gasteiger partial charge is 0.450 e. The van der Waals surface area contributed by atoms with Gasteiger partial charge in [0.25, 0.3) is 5.91 Å². The third-order valence-electron chi connectivity index (χ3n) is 5.04. The van der Waals surface area contributed by atoms with Gasteiger partial charge >= 0.3 is 6.18 Å². The number of allylic oxidation sites excluding steroid dienone is 1. The second-order valence-electron chi connectivity index (χ2n) is 7.46. The number of aryl methyl sites for hydroxylation is 1. The number of halogens is 5. The molecule has 1 amide bonds. The summed E-state index contributed by atoms with van der Waals surface area (Å²) in [4.78, 5) is 12.7. The average Bonchev–Trinajstić information content (AvgIpc) is 3.21. The zero-order valence-electron chi connectivity index (χ0n) is 18.0. The number of rotatable bonds is 7. The van der Waals surface area contributed by atoms with Crippen molar-refractivity contribution in [1.29, 1.82) is 0 Å². The van der Waals surface area contributed by atoms with E-state index in [1.165, 1.54) is 24.3 Å². The highest BCUT2D eigenvalue weighted by Crippen LogP contribution is 2.37. The SMILES string of the molecule is CCC=C(CCNC(=O)c1cc(-c2ccc(Cl)cc2)oc1C(F)(F)F)c1cc(Cl)ccc1C. The van der Waals surface area contributed by atoms with Crippen LogP contribution in [0.4, 0.5) is 13.2 Å². The molecule has 1 N–H and O–H groups in total. The van der Waals surface area contributed by atoms with Gasteiger partial charge in [0.1, 0.15) is 5.76 Å². The first-order chi connectivity index (χ1) is 15.6. The Morgan fingerprint density at radius 2 is 1.70 bits per heavy atom. The quantitative estimate of drug-likeness (QED) is 0.358. The van der Waals surface area contributed by atoms with E-state index in [1.54, 1.807) is 6.07 Å². The van der Waals surface area contributed by atoms with Crippen molar-refractivity contribution < 1.29 is 22.4 Å². The van der Waals surface area contributed by atoms with E-state index in [-0.39, 0.29) is 12.3 Å². The number of carbonyl (C=O) groups excluding carboxylic acids is 1. The van der Waals surface area contributed by atoms with Crippen LogP contribution in [0.25, 0.3) is 16.9 Å². The summed E-state index contributed by atoms with van der Waals surface area (Å²) in [6, 6.07) is 12.8. The zero-order valence-corrected chi connectivity index (χ0v) is 19.5. The lowest BCUT2D eigenvalue weighted by Crippen LogP contribution is -2.26. The number of amides is 1. The van der Waals surface area contributed by atoms with Crippen LogP contribution in [0.3, 0.4) is 0 Å². The molecular formula is C25H22Cl2F3NO2. The van der Waals surface area contributed by atoms with Gasteiger partial charge in [-0.2, -0.15) is 13.2 Å². The van der Waals surface area contributed by atoms with Crippen LogP contribution < -0.4 is 5.32 Å². The van der Waals surface area contributed by atoms with Crippen LogP contribution >= 0.6 is 23.2 Å². The molecule has 3 aromatic rings. The summed E-state index contributed by atoms with van der Waals surface area (Å²) >= 11 is 12.0. The second-order valence-corrected chi connectivity index (χ2v) is 8.33. The molecule has 0 saturated carbocycles. The fourth-order valence-electron chi connectivity index (χ4n) is 3.47. The molecule has 0 saturated heterocycles. The van der Waals surface area contributed by atoms with Crippen molar-refractivity contribution in [1.82, 2.24) is 5.32 Å². The summed E-state index contributed by atoms with van der Waals surface area (Å²) < 4.78 is 45.7. The number of furan rings is 1. The molecule has 0 fully saturated rings. The fourth-order valence-corrected chi connectivity index (χ4v) is 3.76. The van der Waals surface area contributed by atoms with E-state index < -0.39 is 23.4 Å². The topological polar surface area (TPSA) is 42.2 Å². The molecule has 1 heterocycles. The van der Waals surface area contributed by atoms with Crippen molar-refractivity contribution in [2.24, 2.45) is 0 Å². The number of alkyl halides is 3. The number of nitrogens with one attached hydrogen (secondary N) is 1. The molecule has 0 aliphatic carbocycles. The molecule has 3 rings (SSSR count). The number of benzene rings is 2. The van der Waals surface area contributed by atoms with Gasteiger partial charge in [-0.25, -0.2) is 0 Å². The monoisotopic (exact) mass is 495 g/mol. The molecule has 0 radical (unpaired) electrons. The largest absolute Gasteiger partial charge is 0.451 e. The molecule has 0 atom stereocenters. The van der Waals surface area contributed by atoms with Crippen LogP contribution in [0.5, 0.6) is 0 Å². The summed E-state index contributed by atoms with van der Waals surface area (Å²) in [7, 11) is 0. The summed E-state index contributed by atoms with van der Waals surface area (Å²) in [5.41, 5.74) is 2.75. The van der Waals surface area contributed by atoms with E-state index >= 15 is 0 Å². The standard InChI is InChI=1S/C25H22Cl2F3NO2/c1-3-4-16(20-13-19(27)8-5-15(20)2)11-12-31-24(32)21-14-22(33-23(21)25(28,29)30)17-6-9-18(26)10-7-17/h4-10,13-14H,3,11-12H2,1-2H3,(H,31,32). The molecule has 3 nitrogen and oxygen atoms in total. The van der Waals surface area contributed by atoms with Gasteiger partial charge in [0.2, 0.25) is 5.76 Å². The highest BCUT2D eigenvalue weighted by Gasteiger charge is 2.40. The first-order valence-electron chi connectivity index (χ1n) is 10.3. The van der Waals surface area contributed by atoms with Gasteiger partial charge in [-0.15, -0.1) is 0 Å². The van der Waals surface area contributed by atoms with Crippen LogP contribution in [0, 0.1) is 6.92 Å².